The van der Waals surface area contributed by atoms with Crippen LogP contribution in [0, 0.1) is 0 Å². The minimum absolute atomic E-state index is 0.571. The number of aromatic nitrogens is 4. The number of nitrogens with one attached hydrogen (secondary N) is 1. The summed E-state index contributed by atoms with van der Waals surface area (Å²) >= 11 is 3.40. The van der Waals surface area contributed by atoms with Crippen LogP contribution in [-0.4, -0.2) is 20.2 Å². The standard InChI is InChI=1S/C11H14BrN5/c1-2-7-17-15-11(14-16-17)13-8-9-3-5-10(12)6-4-9/h3-6H,2,7-8H2,1H3,(H,13,15). The van der Waals surface area contributed by atoms with Gasteiger partial charge in [0.25, 0.3) is 5.95 Å². The van der Waals surface area contributed by atoms with Crippen LogP contribution in [0.25, 0.3) is 0 Å². The Hall–Kier alpha value is -1.43. The molecule has 0 spiro atoms. The molecule has 0 atom stereocenters. The number of rotatable bonds is 5. The molecule has 0 aliphatic heterocycles. The number of hydrogen-bond acceptors (Lipinski definition) is 4. The summed E-state index contributed by atoms with van der Waals surface area (Å²) in [6.07, 6.45) is 1.00. The van der Waals surface area contributed by atoms with E-state index < -0.39 is 0 Å². The normalized spacial score (nSPS) is 10.5. The van der Waals surface area contributed by atoms with Crippen molar-refractivity contribution in [2.75, 3.05) is 5.32 Å². The van der Waals surface area contributed by atoms with Gasteiger partial charge in [0.2, 0.25) is 0 Å². The van der Waals surface area contributed by atoms with E-state index in [2.05, 4.69) is 43.6 Å². The zero-order valence-electron chi connectivity index (χ0n) is 9.60. The summed E-state index contributed by atoms with van der Waals surface area (Å²) in [4.78, 5) is 1.60. The molecule has 17 heavy (non-hydrogen) atoms. The van der Waals surface area contributed by atoms with Crippen molar-refractivity contribution in [2.45, 2.75) is 26.4 Å². The molecule has 0 amide bonds. The predicted octanol–water partition coefficient (Wildman–Crippen LogP) is 2.46. The molecule has 0 saturated carbocycles. The van der Waals surface area contributed by atoms with Gasteiger partial charge in [0, 0.05) is 11.0 Å². The molecule has 0 unspecified atom stereocenters. The van der Waals surface area contributed by atoms with E-state index in [0.717, 1.165) is 17.4 Å². The summed E-state index contributed by atoms with van der Waals surface area (Å²) in [6, 6.07) is 8.12. The summed E-state index contributed by atoms with van der Waals surface area (Å²) in [6.45, 7) is 3.58. The molecule has 1 aromatic carbocycles. The molecule has 5 nitrogen and oxygen atoms in total. The smallest absolute Gasteiger partial charge is 0.263 e. The van der Waals surface area contributed by atoms with Gasteiger partial charge in [-0.15, -0.1) is 5.10 Å². The van der Waals surface area contributed by atoms with E-state index in [9.17, 15) is 0 Å². The van der Waals surface area contributed by atoms with Crippen LogP contribution in [0.1, 0.15) is 18.9 Å². The number of halogens is 1. The number of hydrogen-bond donors (Lipinski definition) is 1. The van der Waals surface area contributed by atoms with E-state index in [0.29, 0.717) is 12.5 Å². The van der Waals surface area contributed by atoms with Crippen LogP contribution in [0.2, 0.25) is 0 Å². The third-order valence-electron chi connectivity index (χ3n) is 2.24. The fourth-order valence-electron chi connectivity index (χ4n) is 1.39. The maximum atomic E-state index is 4.21. The van der Waals surface area contributed by atoms with Crippen LogP contribution < -0.4 is 5.32 Å². The van der Waals surface area contributed by atoms with Crippen molar-refractivity contribution in [1.29, 1.82) is 0 Å². The van der Waals surface area contributed by atoms with E-state index in [1.807, 2.05) is 24.3 Å². The molecule has 90 valence electrons. The molecule has 0 aliphatic rings. The molecule has 0 fully saturated rings. The van der Waals surface area contributed by atoms with Crippen LogP contribution in [-0.2, 0) is 13.1 Å². The zero-order valence-corrected chi connectivity index (χ0v) is 11.2. The first-order chi connectivity index (χ1) is 8.28. The van der Waals surface area contributed by atoms with Gasteiger partial charge >= 0.3 is 0 Å². The monoisotopic (exact) mass is 295 g/mol. The van der Waals surface area contributed by atoms with E-state index in [1.54, 1.807) is 4.80 Å². The molecule has 0 aliphatic carbocycles. The molecule has 2 rings (SSSR count). The Morgan fingerprint density at radius 3 is 2.76 bits per heavy atom. The van der Waals surface area contributed by atoms with E-state index in [-0.39, 0.29) is 0 Å². The van der Waals surface area contributed by atoms with Gasteiger partial charge in [-0.05, 0) is 29.3 Å². The van der Waals surface area contributed by atoms with Gasteiger partial charge in [0.1, 0.15) is 0 Å². The summed E-state index contributed by atoms with van der Waals surface area (Å²) in [5, 5.41) is 15.2. The highest BCUT2D eigenvalue weighted by molar-refractivity contribution is 9.10. The number of benzene rings is 1. The minimum atomic E-state index is 0.571. The van der Waals surface area contributed by atoms with Crippen LogP contribution >= 0.6 is 15.9 Å². The third kappa shape index (κ3) is 3.52. The zero-order chi connectivity index (χ0) is 12.1. The Bertz CT molecular complexity index is 465. The molecule has 1 heterocycles. The highest BCUT2D eigenvalue weighted by Gasteiger charge is 2.01. The largest absolute Gasteiger partial charge is 0.348 e. The highest BCUT2D eigenvalue weighted by Crippen LogP contribution is 2.11. The van der Waals surface area contributed by atoms with Gasteiger partial charge < -0.3 is 5.32 Å². The first-order valence-corrected chi connectivity index (χ1v) is 6.33. The molecular formula is C11H14BrN5. The molecular weight excluding hydrogens is 282 g/mol. The lowest BCUT2D eigenvalue weighted by molar-refractivity contribution is 0.515. The van der Waals surface area contributed by atoms with Crippen molar-refractivity contribution in [3.63, 3.8) is 0 Å². The van der Waals surface area contributed by atoms with E-state index in [4.69, 9.17) is 0 Å². The maximum Gasteiger partial charge on any atom is 0.263 e. The molecule has 0 saturated heterocycles. The number of anilines is 1. The Kier molecular flexibility index (Phi) is 4.08. The van der Waals surface area contributed by atoms with Crippen molar-refractivity contribution < 1.29 is 0 Å². The van der Waals surface area contributed by atoms with Crippen molar-refractivity contribution in [3.8, 4) is 0 Å². The Balaban J connectivity index is 1.90. The van der Waals surface area contributed by atoms with E-state index in [1.165, 1.54) is 5.56 Å². The maximum absolute atomic E-state index is 4.21. The molecule has 0 radical (unpaired) electrons. The second-order valence-corrected chi connectivity index (χ2v) is 4.60. The fourth-order valence-corrected chi connectivity index (χ4v) is 1.66. The lowest BCUT2D eigenvalue weighted by atomic mass is 10.2. The Morgan fingerprint density at radius 2 is 2.06 bits per heavy atom. The average Bonchev–Trinajstić information content (AvgIpc) is 2.77. The summed E-state index contributed by atoms with van der Waals surface area (Å²) < 4.78 is 1.08. The first-order valence-electron chi connectivity index (χ1n) is 5.54. The Labute approximate surface area is 108 Å². The van der Waals surface area contributed by atoms with Crippen LogP contribution in [0.3, 0.4) is 0 Å². The molecule has 6 heteroatoms. The highest BCUT2D eigenvalue weighted by atomic mass is 79.9. The Morgan fingerprint density at radius 1 is 1.29 bits per heavy atom. The van der Waals surface area contributed by atoms with Gasteiger partial charge in [-0.3, -0.25) is 0 Å². The van der Waals surface area contributed by atoms with Crippen molar-refractivity contribution in [3.05, 3.63) is 34.3 Å². The summed E-state index contributed by atoms with van der Waals surface area (Å²) in [5.74, 6) is 0.571. The third-order valence-corrected chi connectivity index (χ3v) is 2.77. The first kappa shape index (κ1) is 12.0. The van der Waals surface area contributed by atoms with Gasteiger partial charge in [-0.1, -0.05) is 40.1 Å². The van der Waals surface area contributed by atoms with Crippen LogP contribution in [0.5, 0.6) is 0 Å². The fraction of sp³-hybridized carbons (Fsp3) is 0.364. The topological polar surface area (TPSA) is 55.6 Å². The van der Waals surface area contributed by atoms with Crippen molar-refractivity contribution >= 4 is 21.9 Å². The van der Waals surface area contributed by atoms with Gasteiger partial charge in [0.15, 0.2) is 0 Å². The second-order valence-electron chi connectivity index (χ2n) is 3.69. The minimum Gasteiger partial charge on any atom is -0.348 e. The second kappa shape index (κ2) is 5.77. The van der Waals surface area contributed by atoms with Crippen LogP contribution in [0.15, 0.2) is 28.7 Å². The van der Waals surface area contributed by atoms with Gasteiger partial charge in [-0.25, -0.2) is 0 Å². The number of nitrogens with zero attached hydrogens (tertiary/aromatic N) is 4. The van der Waals surface area contributed by atoms with Gasteiger partial charge in [-0.2, -0.15) is 4.80 Å². The lowest BCUT2D eigenvalue weighted by Gasteiger charge is -2.01. The van der Waals surface area contributed by atoms with Crippen molar-refractivity contribution in [2.24, 2.45) is 0 Å². The molecule has 2 aromatic rings. The van der Waals surface area contributed by atoms with Gasteiger partial charge in [0.05, 0.1) is 6.54 Å². The summed E-state index contributed by atoms with van der Waals surface area (Å²) in [5.41, 5.74) is 1.18. The van der Waals surface area contributed by atoms with Crippen molar-refractivity contribution in [1.82, 2.24) is 20.2 Å². The van der Waals surface area contributed by atoms with Crippen LogP contribution in [0.4, 0.5) is 5.95 Å². The molecule has 1 aromatic heterocycles. The SMILES string of the molecule is CCCn1nnc(NCc2ccc(Br)cc2)n1. The number of tetrazole rings is 1. The lowest BCUT2D eigenvalue weighted by Crippen LogP contribution is -2.03. The number of aryl methyl sites for hydroxylation is 1. The summed E-state index contributed by atoms with van der Waals surface area (Å²) in [7, 11) is 0. The average molecular weight is 296 g/mol. The quantitative estimate of drug-likeness (QED) is 0.921. The van der Waals surface area contributed by atoms with E-state index >= 15 is 0 Å². The molecule has 1 N–H and O–H groups in total. The predicted molar refractivity (Wildman–Crippen MR) is 69.6 cm³/mol. The molecule has 0 bridgehead atoms.